The second-order valence-corrected chi connectivity index (χ2v) is 6.08. The molecule has 110 valence electrons. The third-order valence-electron chi connectivity index (χ3n) is 3.74. The van der Waals surface area contributed by atoms with Gasteiger partial charge in [0, 0.05) is 24.3 Å². The van der Waals surface area contributed by atoms with Gasteiger partial charge in [-0.15, -0.1) is 0 Å². The van der Waals surface area contributed by atoms with Crippen LogP contribution in [0.2, 0.25) is 0 Å². The fourth-order valence-corrected chi connectivity index (χ4v) is 2.69. The molecule has 0 spiro atoms. The Hall–Kier alpha value is -1.28. The molecule has 1 heterocycles. The molecule has 0 amide bonds. The lowest BCUT2D eigenvalue weighted by atomic mass is 10.2. The number of hydrogen-bond acceptors (Lipinski definition) is 1. The van der Waals surface area contributed by atoms with Crippen molar-refractivity contribution >= 4 is 10.9 Å². The van der Waals surface area contributed by atoms with Crippen molar-refractivity contribution in [2.24, 2.45) is 5.92 Å². The van der Waals surface area contributed by atoms with Gasteiger partial charge in [0.2, 0.25) is 0 Å². The summed E-state index contributed by atoms with van der Waals surface area (Å²) in [6.07, 6.45) is 3.86. The van der Waals surface area contributed by atoms with Crippen molar-refractivity contribution in [2.45, 2.75) is 53.1 Å². The first-order valence-corrected chi connectivity index (χ1v) is 8.00. The molecule has 0 saturated carbocycles. The second-order valence-electron chi connectivity index (χ2n) is 6.08. The standard InChI is InChI=1S/C18H28N2/c1-4-5-8-11-20-17(14-19-13-15(2)3)12-16-9-6-7-10-18(16)20/h6-7,9-10,12,15,19H,4-5,8,11,13-14H2,1-3H3. The molecular formula is C18H28N2. The maximum absolute atomic E-state index is 3.57. The first-order chi connectivity index (χ1) is 9.72. The van der Waals surface area contributed by atoms with E-state index in [9.17, 15) is 0 Å². The van der Waals surface area contributed by atoms with E-state index in [0.717, 1.165) is 19.6 Å². The molecule has 1 N–H and O–H groups in total. The number of para-hydroxylation sites is 1. The Morgan fingerprint density at radius 3 is 2.70 bits per heavy atom. The summed E-state index contributed by atoms with van der Waals surface area (Å²) in [5.41, 5.74) is 2.80. The van der Waals surface area contributed by atoms with Crippen LogP contribution in [-0.2, 0) is 13.1 Å². The molecule has 1 aromatic heterocycles. The van der Waals surface area contributed by atoms with Crippen LogP contribution in [0.25, 0.3) is 10.9 Å². The average Bonchev–Trinajstić information content (AvgIpc) is 2.77. The minimum absolute atomic E-state index is 0.702. The summed E-state index contributed by atoms with van der Waals surface area (Å²) in [4.78, 5) is 0. The van der Waals surface area contributed by atoms with Gasteiger partial charge in [-0.3, -0.25) is 0 Å². The molecule has 2 heteroatoms. The van der Waals surface area contributed by atoms with E-state index < -0.39 is 0 Å². The van der Waals surface area contributed by atoms with Gasteiger partial charge in [-0.05, 0) is 36.4 Å². The maximum atomic E-state index is 3.57. The summed E-state index contributed by atoms with van der Waals surface area (Å²) in [5, 5.41) is 4.94. The summed E-state index contributed by atoms with van der Waals surface area (Å²) >= 11 is 0. The highest BCUT2D eigenvalue weighted by atomic mass is 15.0. The molecule has 0 aliphatic carbocycles. The number of aromatic nitrogens is 1. The predicted molar refractivity (Wildman–Crippen MR) is 88.0 cm³/mol. The molecule has 2 nitrogen and oxygen atoms in total. The molecule has 20 heavy (non-hydrogen) atoms. The van der Waals surface area contributed by atoms with E-state index in [0.29, 0.717) is 5.92 Å². The van der Waals surface area contributed by atoms with Crippen LogP contribution in [0, 0.1) is 5.92 Å². The quantitative estimate of drug-likeness (QED) is 0.696. The fraction of sp³-hybridized carbons (Fsp3) is 0.556. The highest BCUT2D eigenvalue weighted by molar-refractivity contribution is 5.81. The molecule has 0 aliphatic rings. The number of nitrogens with zero attached hydrogens (tertiary/aromatic N) is 1. The Labute approximate surface area is 123 Å². The van der Waals surface area contributed by atoms with Crippen molar-refractivity contribution < 1.29 is 0 Å². The normalized spacial score (nSPS) is 11.6. The van der Waals surface area contributed by atoms with Crippen molar-refractivity contribution in [3.63, 3.8) is 0 Å². The van der Waals surface area contributed by atoms with E-state index >= 15 is 0 Å². The largest absolute Gasteiger partial charge is 0.343 e. The fourth-order valence-electron chi connectivity index (χ4n) is 2.69. The van der Waals surface area contributed by atoms with E-state index in [-0.39, 0.29) is 0 Å². The van der Waals surface area contributed by atoms with E-state index in [1.165, 1.54) is 35.9 Å². The number of nitrogens with one attached hydrogen (secondary N) is 1. The van der Waals surface area contributed by atoms with Gasteiger partial charge in [-0.1, -0.05) is 51.8 Å². The van der Waals surface area contributed by atoms with Gasteiger partial charge in [0.15, 0.2) is 0 Å². The summed E-state index contributed by atoms with van der Waals surface area (Å²) in [7, 11) is 0. The smallest absolute Gasteiger partial charge is 0.0482 e. The van der Waals surface area contributed by atoms with Crippen LogP contribution in [-0.4, -0.2) is 11.1 Å². The molecule has 0 saturated heterocycles. The number of aryl methyl sites for hydroxylation is 1. The molecule has 0 radical (unpaired) electrons. The highest BCUT2D eigenvalue weighted by Gasteiger charge is 2.08. The number of rotatable bonds is 8. The third kappa shape index (κ3) is 3.86. The zero-order valence-corrected chi connectivity index (χ0v) is 13.2. The minimum atomic E-state index is 0.702. The molecular weight excluding hydrogens is 244 g/mol. The van der Waals surface area contributed by atoms with Gasteiger partial charge in [-0.2, -0.15) is 0 Å². The third-order valence-corrected chi connectivity index (χ3v) is 3.74. The number of benzene rings is 1. The molecule has 0 aliphatic heterocycles. The van der Waals surface area contributed by atoms with Crippen molar-refractivity contribution in [3.05, 3.63) is 36.0 Å². The Balaban J connectivity index is 2.15. The molecule has 2 rings (SSSR count). The number of fused-ring (bicyclic) bond motifs is 1. The summed E-state index contributed by atoms with van der Waals surface area (Å²) < 4.78 is 2.50. The van der Waals surface area contributed by atoms with Gasteiger partial charge >= 0.3 is 0 Å². The van der Waals surface area contributed by atoms with Crippen LogP contribution in [0.4, 0.5) is 0 Å². The zero-order valence-electron chi connectivity index (χ0n) is 13.2. The lowest BCUT2D eigenvalue weighted by Gasteiger charge is -2.12. The molecule has 0 atom stereocenters. The SMILES string of the molecule is CCCCCn1c(CNCC(C)C)cc2ccccc21. The van der Waals surface area contributed by atoms with Crippen LogP contribution in [0.5, 0.6) is 0 Å². The van der Waals surface area contributed by atoms with Crippen LogP contribution in [0.15, 0.2) is 30.3 Å². The molecule has 1 aromatic carbocycles. The second kappa shape index (κ2) is 7.49. The monoisotopic (exact) mass is 272 g/mol. The predicted octanol–water partition coefficient (Wildman–Crippen LogP) is 4.58. The van der Waals surface area contributed by atoms with Gasteiger partial charge in [-0.25, -0.2) is 0 Å². The van der Waals surface area contributed by atoms with E-state index in [2.05, 4.69) is 61.0 Å². The van der Waals surface area contributed by atoms with Crippen LogP contribution >= 0.6 is 0 Å². The topological polar surface area (TPSA) is 17.0 Å². The van der Waals surface area contributed by atoms with Crippen LogP contribution in [0.1, 0.15) is 45.7 Å². The Morgan fingerprint density at radius 1 is 1.15 bits per heavy atom. The first-order valence-electron chi connectivity index (χ1n) is 8.00. The highest BCUT2D eigenvalue weighted by Crippen LogP contribution is 2.20. The van der Waals surface area contributed by atoms with E-state index in [4.69, 9.17) is 0 Å². The summed E-state index contributed by atoms with van der Waals surface area (Å²) in [6, 6.07) is 11.1. The Morgan fingerprint density at radius 2 is 1.95 bits per heavy atom. The van der Waals surface area contributed by atoms with Crippen molar-refractivity contribution in [1.82, 2.24) is 9.88 Å². The van der Waals surface area contributed by atoms with Gasteiger partial charge in [0.25, 0.3) is 0 Å². The van der Waals surface area contributed by atoms with E-state index in [1.807, 2.05) is 0 Å². The first kappa shape index (κ1) is 15.1. The summed E-state index contributed by atoms with van der Waals surface area (Å²) in [6.45, 7) is 9.96. The Bertz CT molecular complexity index is 525. The Kier molecular flexibility index (Phi) is 5.66. The van der Waals surface area contributed by atoms with E-state index in [1.54, 1.807) is 0 Å². The van der Waals surface area contributed by atoms with Crippen LogP contribution in [0.3, 0.4) is 0 Å². The lowest BCUT2D eigenvalue weighted by Crippen LogP contribution is -2.20. The van der Waals surface area contributed by atoms with Crippen molar-refractivity contribution in [3.8, 4) is 0 Å². The summed E-state index contributed by atoms with van der Waals surface area (Å²) in [5.74, 6) is 0.702. The van der Waals surface area contributed by atoms with Crippen molar-refractivity contribution in [1.29, 1.82) is 0 Å². The lowest BCUT2D eigenvalue weighted by molar-refractivity contribution is 0.529. The van der Waals surface area contributed by atoms with Gasteiger partial charge < -0.3 is 9.88 Å². The number of hydrogen-bond donors (Lipinski definition) is 1. The van der Waals surface area contributed by atoms with Gasteiger partial charge in [0.05, 0.1) is 0 Å². The molecule has 0 bridgehead atoms. The van der Waals surface area contributed by atoms with Crippen LogP contribution < -0.4 is 5.32 Å². The molecule has 0 unspecified atom stereocenters. The van der Waals surface area contributed by atoms with Gasteiger partial charge in [0.1, 0.15) is 0 Å². The zero-order chi connectivity index (χ0) is 14.4. The number of unbranched alkanes of at least 4 members (excludes halogenated alkanes) is 2. The average molecular weight is 272 g/mol. The maximum Gasteiger partial charge on any atom is 0.0482 e. The molecule has 2 aromatic rings. The van der Waals surface area contributed by atoms with Crippen molar-refractivity contribution in [2.75, 3.05) is 6.54 Å². The molecule has 0 fully saturated rings. The minimum Gasteiger partial charge on any atom is -0.343 e.